The first-order valence-corrected chi connectivity index (χ1v) is 6.60. The zero-order chi connectivity index (χ0) is 14.5. The van der Waals surface area contributed by atoms with Crippen molar-refractivity contribution in [3.63, 3.8) is 0 Å². The Morgan fingerprint density at radius 1 is 1.35 bits per heavy atom. The third kappa shape index (κ3) is 3.55. The van der Waals surface area contributed by atoms with E-state index < -0.39 is 10.9 Å². The highest BCUT2D eigenvalue weighted by Crippen LogP contribution is 2.22. The molecule has 6 nitrogen and oxygen atoms in total. The molecule has 0 radical (unpaired) electrons. The fourth-order valence-corrected chi connectivity index (χ4v) is 2.30. The number of rotatable bonds is 5. The van der Waals surface area contributed by atoms with Gasteiger partial charge in [-0.15, -0.1) is 11.8 Å². The average molecular weight is 290 g/mol. The topological polar surface area (TPSA) is 93.3 Å². The number of pyridine rings is 1. The molecule has 0 aliphatic heterocycles. The maximum Gasteiger partial charge on any atom is 0.335 e. The van der Waals surface area contributed by atoms with Crippen LogP contribution in [0.1, 0.15) is 15.9 Å². The van der Waals surface area contributed by atoms with Gasteiger partial charge in [-0.05, 0) is 23.8 Å². The van der Waals surface area contributed by atoms with Crippen LogP contribution in [-0.2, 0) is 5.75 Å². The van der Waals surface area contributed by atoms with Gasteiger partial charge in [-0.1, -0.05) is 12.1 Å². The molecule has 2 aromatic rings. The van der Waals surface area contributed by atoms with Crippen LogP contribution in [0.3, 0.4) is 0 Å². The van der Waals surface area contributed by atoms with Gasteiger partial charge < -0.3 is 5.11 Å². The quantitative estimate of drug-likeness (QED) is 0.517. The van der Waals surface area contributed by atoms with Crippen molar-refractivity contribution in [2.45, 2.75) is 10.8 Å². The van der Waals surface area contributed by atoms with Gasteiger partial charge in [0.1, 0.15) is 6.20 Å². The van der Waals surface area contributed by atoms with Crippen LogP contribution in [-0.4, -0.2) is 21.0 Å². The molecule has 0 amide bonds. The minimum absolute atomic E-state index is 0.0535. The summed E-state index contributed by atoms with van der Waals surface area (Å²) >= 11 is 1.39. The first-order chi connectivity index (χ1) is 9.56. The second-order valence-corrected chi connectivity index (χ2v) is 4.90. The van der Waals surface area contributed by atoms with Crippen molar-refractivity contribution < 1.29 is 14.8 Å². The third-order valence-corrected chi connectivity index (χ3v) is 3.51. The van der Waals surface area contributed by atoms with E-state index in [9.17, 15) is 14.9 Å². The van der Waals surface area contributed by atoms with Crippen LogP contribution < -0.4 is 0 Å². The molecule has 0 aliphatic carbocycles. The second-order valence-electron chi connectivity index (χ2n) is 3.91. The van der Waals surface area contributed by atoms with Gasteiger partial charge in [0.15, 0.2) is 0 Å². The molecule has 7 heteroatoms. The van der Waals surface area contributed by atoms with Gasteiger partial charge in [-0.2, -0.15) is 0 Å². The summed E-state index contributed by atoms with van der Waals surface area (Å²) in [5, 5.41) is 20.0. The van der Waals surface area contributed by atoms with Crippen LogP contribution in [0.25, 0.3) is 0 Å². The molecule has 0 fully saturated rings. The number of nitro groups is 1. The smallest absolute Gasteiger partial charge is 0.335 e. The van der Waals surface area contributed by atoms with Crippen molar-refractivity contribution >= 4 is 23.4 Å². The molecule has 0 bridgehead atoms. The first-order valence-electron chi connectivity index (χ1n) is 5.62. The number of aromatic carboxylic acids is 1. The summed E-state index contributed by atoms with van der Waals surface area (Å²) in [5.41, 5.74) is 1.04. The molecule has 1 aromatic heterocycles. The molecule has 1 N–H and O–H groups in total. The molecule has 20 heavy (non-hydrogen) atoms. The molecular weight excluding hydrogens is 280 g/mol. The van der Waals surface area contributed by atoms with Crippen LogP contribution >= 0.6 is 11.8 Å². The Labute approximate surface area is 118 Å². The van der Waals surface area contributed by atoms with Crippen LogP contribution in [0, 0.1) is 10.1 Å². The van der Waals surface area contributed by atoms with E-state index in [4.69, 9.17) is 5.11 Å². The molecule has 0 unspecified atom stereocenters. The number of benzene rings is 1. The number of carboxylic acids is 1. The molecule has 0 aliphatic rings. The third-order valence-electron chi connectivity index (χ3n) is 2.49. The maximum absolute atomic E-state index is 10.8. The van der Waals surface area contributed by atoms with Gasteiger partial charge in [0, 0.05) is 11.8 Å². The number of nitrogens with zero attached hydrogens (tertiary/aromatic N) is 2. The van der Waals surface area contributed by atoms with E-state index in [2.05, 4.69) is 4.98 Å². The molecular formula is C13H10N2O4S. The normalized spacial score (nSPS) is 10.2. The van der Waals surface area contributed by atoms with Gasteiger partial charge in [0.25, 0.3) is 5.69 Å². The molecule has 0 saturated heterocycles. The fraction of sp³-hybridized carbons (Fsp3) is 0.0769. The fourth-order valence-electron chi connectivity index (χ4n) is 1.52. The van der Waals surface area contributed by atoms with E-state index in [0.717, 1.165) is 5.56 Å². The van der Waals surface area contributed by atoms with E-state index in [1.807, 2.05) is 6.07 Å². The predicted molar refractivity (Wildman–Crippen MR) is 73.9 cm³/mol. The monoisotopic (exact) mass is 290 g/mol. The van der Waals surface area contributed by atoms with Crippen molar-refractivity contribution in [3.05, 3.63) is 63.8 Å². The zero-order valence-corrected chi connectivity index (χ0v) is 11.0. The lowest BCUT2D eigenvalue weighted by Gasteiger charge is -2.02. The van der Waals surface area contributed by atoms with Crippen LogP contribution in [0.15, 0.2) is 47.6 Å². The minimum atomic E-state index is -0.967. The molecule has 0 atom stereocenters. The van der Waals surface area contributed by atoms with Crippen LogP contribution in [0.2, 0.25) is 0 Å². The van der Waals surface area contributed by atoms with Gasteiger partial charge in [-0.3, -0.25) is 10.1 Å². The zero-order valence-electron chi connectivity index (χ0n) is 10.2. The summed E-state index contributed by atoms with van der Waals surface area (Å²) in [6, 6.07) is 9.60. The lowest BCUT2D eigenvalue weighted by Crippen LogP contribution is -1.96. The van der Waals surface area contributed by atoms with Crippen molar-refractivity contribution in [2.24, 2.45) is 0 Å². The summed E-state index contributed by atoms with van der Waals surface area (Å²) < 4.78 is 0. The highest BCUT2D eigenvalue weighted by Gasteiger charge is 2.07. The van der Waals surface area contributed by atoms with E-state index in [-0.39, 0.29) is 11.3 Å². The largest absolute Gasteiger partial charge is 0.478 e. The standard InChI is InChI=1S/C13H10N2O4S/c16-13(17)10-3-1-2-9(6-10)8-20-12-5-4-11(7-14-12)15(18)19/h1-7H,8H2,(H,16,17). The molecule has 0 saturated carbocycles. The van der Waals surface area contributed by atoms with E-state index in [1.165, 1.54) is 30.1 Å². The van der Waals surface area contributed by atoms with Gasteiger partial charge in [0.05, 0.1) is 15.5 Å². The maximum atomic E-state index is 10.8. The molecule has 2 rings (SSSR count). The minimum Gasteiger partial charge on any atom is -0.478 e. The van der Waals surface area contributed by atoms with Crippen molar-refractivity contribution in [2.75, 3.05) is 0 Å². The second kappa shape index (κ2) is 6.16. The number of aromatic nitrogens is 1. The predicted octanol–water partition coefficient (Wildman–Crippen LogP) is 2.98. The Morgan fingerprint density at radius 3 is 2.75 bits per heavy atom. The average Bonchev–Trinajstić information content (AvgIpc) is 2.46. The highest BCUT2D eigenvalue weighted by molar-refractivity contribution is 7.98. The summed E-state index contributed by atoms with van der Waals surface area (Å²) in [6.07, 6.45) is 1.20. The van der Waals surface area contributed by atoms with E-state index in [1.54, 1.807) is 18.2 Å². The Balaban J connectivity index is 2.03. The first kappa shape index (κ1) is 14.0. The molecule has 0 spiro atoms. The number of carboxylic acid groups (broad SMARTS) is 1. The van der Waals surface area contributed by atoms with Crippen molar-refractivity contribution in [1.29, 1.82) is 0 Å². The van der Waals surface area contributed by atoms with E-state index in [0.29, 0.717) is 10.8 Å². The van der Waals surface area contributed by atoms with Gasteiger partial charge >= 0.3 is 5.97 Å². The lowest BCUT2D eigenvalue weighted by atomic mass is 10.1. The number of hydrogen-bond acceptors (Lipinski definition) is 5. The number of hydrogen-bond donors (Lipinski definition) is 1. The Kier molecular flexibility index (Phi) is 4.31. The summed E-state index contributed by atoms with van der Waals surface area (Å²) in [5.74, 6) is -0.420. The summed E-state index contributed by atoms with van der Waals surface area (Å²) in [7, 11) is 0. The Morgan fingerprint density at radius 2 is 2.15 bits per heavy atom. The Hall–Kier alpha value is -2.41. The SMILES string of the molecule is O=C(O)c1cccc(CSc2ccc([N+](=O)[O-])cn2)c1. The van der Waals surface area contributed by atoms with Gasteiger partial charge in [-0.25, -0.2) is 9.78 Å². The molecule has 1 heterocycles. The highest BCUT2D eigenvalue weighted by atomic mass is 32.2. The Bertz CT molecular complexity index is 643. The van der Waals surface area contributed by atoms with Gasteiger partial charge in [0.2, 0.25) is 0 Å². The summed E-state index contributed by atoms with van der Waals surface area (Å²) in [4.78, 5) is 24.8. The van der Waals surface area contributed by atoms with E-state index >= 15 is 0 Å². The van der Waals surface area contributed by atoms with Crippen LogP contribution in [0.5, 0.6) is 0 Å². The van der Waals surface area contributed by atoms with Crippen molar-refractivity contribution in [3.8, 4) is 0 Å². The molecule has 102 valence electrons. The van der Waals surface area contributed by atoms with Crippen LogP contribution in [0.4, 0.5) is 5.69 Å². The summed E-state index contributed by atoms with van der Waals surface area (Å²) in [6.45, 7) is 0. The molecule has 1 aromatic carbocycles. The number of carbonyl (C=O) groups is 1. The van der Waals surface area contributed by atoms with Crippen molar-refractivity contribution in [1.82, 2.24) is 4.98 Å². The lowest BCUT2D eigenvalue weighted by molar-refractivity contribution is -0.385. The number of thioether (sulfide) groups is 1.